The molecule has 0 radical (unpaired) electrons. The second-order valence-corrected chi connectivity index (χ2v) is 9.02. The number of hydrogen-bond donors (Lipinski definition) is 0. The van der Waals surface area contributed by atoms with Gasteiger partial charge in [0.2, 0.25) is 0 Å². The van der Waals surface area contributed by atoms with Crippen LogP contribution in [-0.2, 0) is 22.4 Å². The molecule has 2 unspecified atom stereocenters. The fraction of sp³-hybridized carbons (Fsp3) is 0.556. The van der Waals surface area contributed by atoms with Crippen molar-refractivity contribution < 1.29 is 9.59 Å². The SMILES string of the molecule is CCCCCCc1cnc(-c2ccc(CC(=O)C3CCC(CCC)CC3=O)cc2)nc1. The number of Topliss-reactive ketones (excluding diaryl/α,β-unsaturated/α-hetero) is 2. The molecular formula is C27H36N2O2. The number of hydrogen-bond acceptors (Lipinski definition) is 4. The maximum absolute atomic E-state index is 12.7. The van der Waals surface area contributed by atoms with Crippen LogP contribution in [0.2, 0.25) is 0 Å². The van der Waals surface area contributed by atoms with Gasteiger partial charge >= 0.3 is 0 Å². The third kappa shape index (κ3) is 6.81. The molecule has 1 aliphatic carbocycles. The van der Waals surface area contributed by atoms with Gasteiger partial charge in [-0.05, 0) is 42.7 Å². The molecule has 1 fully saturated rings. The van der Waals surface area contributed by atoms with Gasteiger partial charge in [-0.2, -0.15) is 0 Å². The summed E-state index contributed by atoms with van der Waals surface area (Å²) in [6, 6.07) is 7.86. The van der Waals surface area contributed by atoms with Crippen molar-refractivity contribution in [3.8, 4) is 11.4 Å². The van der Waals surface area contributed by atoms with E-state index in [-0.39, 0.29) is 11.6 Å². The molecule has 1 aromatic carbocycles. The van der Waals surface area contributed by atoms with Crippen LogP contribution in [0.4, 0.5) is 0 Å². The number of carbonyl (C=O) groups is 2. The van der Waals surface area contributed by atoms with Crippen LogP contribution in [0.15, 0.2) is 36.7 Å². The Balaban J connectivity index is 1.53. The summed E-state index contributed by atoms with van der Waals surface area (Å²) in [5.41, 5.74) is 3.08. The van der Waals surface area contributed by atoms with Gasteiger partial charge in [0, 0.05) is 30.8 Å². The van der Waals surface area contributed by atoms with Gasteiger partial charge in [0.15, 0.2) is 5.82 Å². The van der Waals surface area contributed by atoms with Gasteiger partial charge in [0.05, 0.1) is 5.92 Å². The van der Waals surface area contributed by atoms with E-state index in [1.807, 2.05) is 36.7 Å². The quantitative estimate of drug-likeness (QED) is 0.322. The van der Waals surface area contributed by atoms with Crippen molar-refractivity contribution in [3.05, 3.63) is 47.8 Å². The average Bonchev–Trinajstić information content (AvgIpc) is 2.78. The van der Waals surface area contributed by atoms with Crippen LogP contribution >= 0.6 is 0 Å². The predicted octanol–water partition coefficient (Wildman–Crippen LogP) is 6.16. The van der Waals surface area contributed by atoms with Crippen molar-refractivity contribution in [2.24, 2.45) is 11.8 Å². The molecule has 0 aliphatic heterocycles. The van der Waals surface area contributed by atoms with Gasteiger partial charge in [-0.3, -0.25) is 9.59 Å². The van der Waals surface area contributed by atoms with E-state index in [1.54, 1.807) is 0 Å². The normalized spacial score (nSPS) is 18.8. The van der Waals surface area contributed by atoms with Crippen molar-refractivity contribution in [3.63, 3.8) is 0 Å². The van der Waals surface area contributed by atoms with Gasteiger partial charge in [0.25, 0.3) is 0 Å². The monoisotopic (exact) mass is 420 g/mol. The first-order valence-corrected chi connectivity index (χ1v) is 12.1. The van der Waals surface area contributed by atoms with Crippen molar-refractivity contribution in [2.45, 2.75) is 84.5 Å². The topological polar surface area (TPSA) is 59.9 Å². The van der Waals surface area contributed by atoms with Crippen LogP contribution in [0, 0.1) is 11.8 Å². The molecular weight excluding hydrogens is 384 g/mol. The summed E-state index contributed by atoms with van der Waals surface area (Å²) >= 11 is 0. The smallest absolute Gasteiger partial charge is 0.159 e. The third-order valence-electron chi connectivity index (χ3n) is 6.44. The highest BCUT2D eigenvalue weighted by atomic mass is 16.1. The minimum absolute atomic E-state index is 0.0661. The molecule has 4 heteroatoms. The number of unbranched alkanes of at least 4 members (excludes halogenated alkanes) is 3. The zero-order chi connectivity index (χ0) is 22.1. The largest absolute Gasteiger partial charge is 0.299 e. The fourth-order valence-electron chi connectivity index (χ4n) is 4.57. The number of aromatic nitrogens is 2. The van der Waals surface area contributed by atoms with Gasteiger partial charge in [-0.15, -0.1) is 0 Å². The van der Waals surface area contributed by atoms with Crippen LogP contribution in [-0.4, -0.2) is 21.5 Å². The molecule has 2 aromatic rings. The van der Waals surface area contributed by atoms with E-state index in [1.165, 1.54) is 31.2 Å². The molecule has 0 spiro atoms. The predicted molar refractivity (Wildman–Crippen MR) is 125 cm³/mol. The van der Waals surface area contributed by atoms with Crippen molar-refractivity contribution >= 4 is 11.6 Å². The Hall–Kier alpha value is -2.36. The zero-order valence-corrected chi connectivity index (χ0v) is 19.1. The Labute approximate surface area is 186 Å². The molecule has 2 atom stereocenters. The summed E-state index contributed by atoms with van der Waals surface area (Å²) in [6.45, 7) is 4.37. The van der Waals surface area contributed by atoms with E-state index in [2.05, 4.69) is 23.8 Å². The second kappa shape index (κ2) is 11.9. The van der Waals surface area contributed by atoms with E-state index in [0.717, 1.165) is 43.2 Å². The van der Waals surface area contributed by atoms with E-state index in [0.29, 0.717) is 24.6 Å². The molecule has 3 rings (SSSR count). The lowest BCUT2D eigenvalue weighted by Gasteiger charge is -2.26. The first-order chi connectivity index (χ1) is 15.1. The first kappa shape index (κ1) is 23.3. The van der Waals surface area contributed by atoms with Crippen molar-refractivity contribution in [1.82, 2.24) is 9.97 Å². The maximum atomic E-state index is 12.7. The van der Waals surface area contributed by atoms with Crippen molar-refractivity contribution in [2.75, 3.05) is 0 Å². The molecule has 0 bridgehead atoms. The molecule has 1 saturated carbocycles. The minimum Gasteiger partial charge on any atom is -0.299 e. The Bertz CT molecular complexity index is 843. The second-order valence-electron chi connectivity index (χ2n) is 9.02. The Kier molecular flexibility index (Phi) is 8.93. The van der Waals surface area contributed by atoms with Gasteiger partial charge in [-0.1, -0.05) is 70.2 Å². The highest BCUT2D eigenvalue weighted by molar-refractivity contribution is 6.03. The summed E-state index contributed by atoms with van der Waals surface area (Å²) < 4.78 is 0. The van der Waals surface area contributed by atoms with Crippen LogP contribution in [0.3, 0.4) is 0 Å². The van der Waals surface area contributed by atoms with E-state index >= 15 is 0 Å². The third-order valence-corrected chi connectivity index (χ3v) is 6.44. The summed E-state index contributed by atoms with van der Waals surface area (Å²) in [6.07, 6.45) is 14.7. The number of ketones is 2. The molecule has 1 aromatic heterocycles. The van der Waals surface area contributed by atoms with Crippen LogP contribution in [0.5, 0.6) is 0 Å². The highest BCUT2D eigenvalue weighted by Gasteiger charge is 2.32. The van der Waals surface area contributed by atoms with Crippen molar-refractivity contribution in [1.29, 1.82) is 0 Å². The van der Waals surface area contributed by atoms with Crippen LogP contribution in [0.25, 0.3) is 11.4 Å². The standard InChI is InChI=1S/C27H36N2O2/c1-3-5-6-7-9-22-18-28-27(29-19-22)23-13-10-21(11-14-23)17-26(31)24-15-12-20(8-4-2)16-25(24)30/h10-11,13-14,18-20,24H,3-9,12,15-17H2,1-2H3. The minimum atomic E-state index is -0.402. The molecule has 0 saturated heterocycles. The summed E-state index contributed by atoms with van der Waals surface area (Å²) in [4.78, 5) is 34.2. The molecule has 1 aliphatic rings. The van der Waals surface area contributed by atoms with Crippen LogP contribution < -0.4 is 0 Å². The van der Waals surface area contributed by atoms with E-state index < -0.39 is 5.92 Å². The average molecular weight is 421 g/mol. The maximum Gasteiger partial charge on any atom is 0.159 e. The fourth-order valence-corrected chi connectivity index (χ4v) is 4.57. The highest BCUT2D eigenvalue weighted by Crippen LogP contribution is 2.30. The molecule has 31 heavy (non-hydrogen) atoms. The van der Waals surface area contributed by atoms with Crippen LogP contribution in [0.1, 0.15) is 82.8 Å². The molecule has 4 nitrogen and oxygen atoms in total. The Morgan fingerprint density at radius 3 is 2.32 bits per heavy atom. The first-order valence-electron chi connectivity index (χ1n) is 12.1. The molecule has 0 N–H and O–H groups in total. The number of rotatable bonds is 11. The zero-order valence-electron chi connectivity index (χ0n) is 19.1. The number of benzene rings is 1. The molecule has 166 valence electrons. The van der Waals surface area contributed by atoms with Gasteiger partial charge in [-0.25, -0.2) is 9.97 Å². The van der Waals surface area contributed by atoms with E-state index in [4.69, 9.17) is 0 Å². The summed E-state index contributed by atoms with van der Waals surface area (Å²) in [7, 11) is 0. The lowest BCUT2D eigenvalue weighted by molar-refractivity contribution is -0.135. The number of nitrogens with zero attached hydrogens (tertiary/aromatic N) is 2. The lowest BCUT2D eigenvalue weighted by atomic mass is 9.76. The Morgan fingerprint density at radius 2 is 1.68 bits per heavy atom. The number of carbonyl (C=O) groups excluding carboxylic acids is 2. The molecule has 0 amide bonds. The van der Waals surface area contributed by atoms with E-state index in [9.17, 15) is 9.59 Å². The summed E-state index contributed by atoms with van der Waals surface area (Å²) in [5, 5.41) is 0. The van der Waals surface area contributed by atoms with Gasteiger partial charge < -0.3 is 0 Å². The number of aryl methyl sites for hydroxylation is 1. The summed E-state index contributed by atoms with van der Waals surface area (Å²) in [5.74, 6) is 0.995. The molecule has 1 heterocycles. The Morgan fingerprint density at radius 1 is 0.935 bits per heavy atom. The van der Waals surface area contributed by atoms with Gasteiger partial charge in [0.1, 0.15) is 11.6 Å². The lowest BCUT2D eigenvalue weighted by Crippen LogP contribution is -2.31.